The number of ether oxygens (including phenoxy) is 1. The lowest BCUT2D eigenvalue weighted by molar-refractivity contribution is -0.139. The van der Waals surface area contributed by atoms with Crippen LogP contribution < -0.4 is 0 Å². The molecule has 0 amide bonds. The Hall–Kier alpha value is -2.93. The number of halogens is 1. The molecular weight excluding hydrogens is 440 g/mol. The molecule has 0 aromatic heterocycles. The average molecular weight is 461 g/mol. The van der Waals surface area contributed by atoms with Crippen LogP contribution in [0.25, 0.3) is 11.1 Å². The van der Waals surface area contributed by atoms with Gasteiger partial charge in [-0.15, -0.1) is 0 Å². The largest absolute Gasteiger partial charge is 0.478 e. The van der Waals surface area contributed by atoms with Gasteiger partial charge in [0.2, 0.25) is 0 Å². The van der Waals surface area contributed by atoms with Crippen molar-refractivity contribution in [2.45, 2.75) is 26.7 Å². The van der Waals surface area contributed by atoms with Gasteiger partial charge < -0.3 is 14.9 Å². The van der Waals surface area contributed by atoms with Gasteiger partial charge in [0, 0.05) is 15.6 Å². The number of carboxylic acids is 2. The van der Waals surface area contributed by atoms with E-state index in [1.807, 2.05) is 0 Å². The summed E-state index contributed by atoms with van der Waals surface area (Å²) >= 11 is 3.32. The summed E-state index contributed by atoms with van der Waals surface area (Å²) in [7, 11) is 0. The molecule has 2 N–H and O–H groups in total. The first-order valence-corrected chi connectivity index (χ1v) is 9.64. The second-order valence-corrected chi connectivity index (χ2v) is 7.52. The van der Waals surface area contributed by atoms with Crippen molar-refractivity contribution < 1.29 is 29.3 Å². The smallest absolute Gasteiger partial charge is 0.336 e. The van der Waals surface area contributed by atoms with Gasteiger partial charge in [0.25, 0.3) is 0 Å². The highest BCUT2D eigenvalue weighted by Gasteiger charge is 2.25. The van der Waals surface area contributed by atoms with Crippen LogP contribution >= 0.6 is 15.9 Å². The summed E-state index contributed by atoms with van der Waals surface area (Å²) in [5, 5.41) is 19.6. The maximum Gasteiger partial charge on any atom is 0.336 e. The summed E-state index contributed by atoms with van der Waals surface area (Å²) in [6.07, 6.45) is 0.715. The predicted molar refractivity (Wildman–Crippen MR) is 112 cm³/mol. The Labute approximate surface area is 177 Å². The van der Waals surface area contributed by atoms with Crippen LogP contribution in [0.1, 0.15) is 45.2 Å². The number of rotatable bonds is 8. The van der Waals surface area contributed by atoms with E-state index in [4.69, 9.17) is 4.74 Å². The highest BCUT2D eigenvalue weighted by Crippen LogP contribution is 2.34. The number of benzene rings is 2. The monoisotopic (exact) mass is 460 g/mol. The molecule has 0 bridgehead atoms. The third-order valence-electron chi connectivity index (χ3n) is 4.39. The molecule has 0 saturated heterocycles. The third kappa shape index (κ3) is 5.32. The fraction of sp³-hybridized carbons (Fsp3) is 0.227. The molecule has 0 fully saturated rings. The van der Waals surface area contributed by atoms with Crippen LogP contribution in [0.15, 0.2) is 47.0 Å². The van der Waals surface area contributed by atoms with Gasteiger partial charge in [0.1, 0.15) is 0 Å². The molecule has 0 unspecified atom stereocenters. The molecule has 152 valence electrons. The van der Waals surface area contributed by atoms with Crippen LogP contribution in [0.5, 0.6) is 0 Å². The van der Waals surface area contributed by atoms with Crippen molar-refractivity contribution in [3.63, 3.8) is 0 Å². The first-order chi connectivity index (χ1) is 13.6. The lowest BCUT2D eigenvalue weighted by Crippen LogP contribution is -2.14. The Bertz CT molecular complexity index is 976. The Morgan fingerprint density at radius 1 is 1.10 bits per heavy atom. The maximum absolute atomic E-state index is 12.1. The van der Waals surface area contributed by atoms with Crippen LogP contribution in [-0.4, -0.2) is 34.7 Å². The van der Waals surface area contributed by atoms with E-state index in [1.54, 1.807) is 38.1 Å². The second kappa shape index (κ2) is 9.52. The summed E-state index contributed by atoms with van der Waals surface area (Å²) in [6, 6.07) is 8.28. The standard InChI is InChI=1S/C22H21BrO6/c1-12(2)22(28)29-10-4-5-16-13(3)11-17(20(24)25)18(19(16)21(26)27)14-6-8-15(23)9-7-14/h6-9,11H,1,4-5,10H2,2-3H3,(H,24,25)(H,26,27). The number of hydrogen-bond donors (Lipinski definition) is 2. The summed E-state index contributed by atoms with van der Waals surface area (Å²) in [6.45, 7) is 6.85. The number of aryl methyl sites for hydroxylation is 1. The quantitative estimate of drug-likeness (QED) is 0.331. The molecule has 29 heavy (non-hydrogen) atoms. The molecule has 0 aliphatic heterocycles. The number of carboxylic acid groups (broad SMARTS) is 2. The number of esters is 1. The van der Waals surface area contributed by atoms with Crippen molar-refractivity contribution in [2.24, 2.45) is 0 Å². The second-order valence-electron chi connectivity index (χ2n) is 6.61. The number of hydrogen-bond acceptors (Lipinski definition) is 4. The zero-order valence-corrected chi connectivity index (χ0v) is 17.7. The first kappa shape index (κ1) is 22.4. The Morgan fingerprint density at radius 2 is 1.72 bits per heavy atom. The van der Waals surface area contributed by atoms with Crippen molar-refractivity contribution in [1.82, 2.24) is 0 Å². The van der Waals surface area contributed by atoms with E-state index in [0.29, 0.717) is 29.5 Å². The van der Waals surface area contributed by atoms with Gasteiger partial charge in [-0.25, -0.2) is 14.4 Å². The summed E-state index contributed by atoms with van der Waals surface area (Å²) in [5.74, 6) is -2.91. The fourth-order valence-electron chi connectivity index (χ4n) is 3.04. The Balaban J connectivity index is 2.51. The van der Waals surface area contributed by atoms with E-state index in [0.717, 1.165) is 4.47 Å². The lowest BCUT2D eigenvalue weighted by Gasteiger charge is -2.18. The van der Waals surface area contributed by atoms with Crippen LogP contribution in [-0.2, 0) is 16.0 Å². The summed E-state index contributed by atoms with van der Waals surface area (Å²) < 4.78 is 5.86. The van der Waals surface area contributed by atoms with Gasteiger partial charge in [-0.1, -0.05) is 34.6 Å². The van der Waals surface area contributed by atoms with Crippen LogP contribution in [0.4, 0.5) is 0 Å². The minimum absolute atomic E-state index is 0.0454. The fourth-order valence-corrected chi connectivity index (χ4v) is 3.30. The molecule has 0 heterocycles. The minimum Gasteiger partial charge on any atom is -0.478 e. The van der Waals surface area contributed by atoms with Gasteiger partial charge in [0.05, 0.1) is 17.7 Å². The zero-order valence-electron chi connectivity index (χ0n) is 16.1. The SMILES string of the molecule is C=C(C)C(=O)OCCCc1c(C)cc(C(=O)O)c(-c2ccc(Br)cc2)c1C(=O)O. The molecule has 0 saturated carbocycles. The highest BCUT2D eigenvalue weighted by atomic mass is 79.9. The molecule has 0 aliphatic carbocycles. The van der Waals surface area contributed by atoms with E-state index in [-0.39, 0.29) is 28.9 Å². The maximum atomic E-state index is 12.1. The summed E-state index contributed by atoms with van der Waals surface area (Å²) in [5.41, 5.74) is 1.92. The van der Waals surface area contributed by atoms with Gasteiger partial charge >= 0.3 is 17.9 Å². The number of carbonyl (C=O) groups is 3. The third-order valence-corrected chi connectivity index (χ3v) is 4.92. The van der Waals surface area contributed by atoms with E-state index in [2.05, 4.69) is 22.5 Å². The molecule has 0 radical (unpaired) electrons. The minimum atomic E-state index is -1.21. The van der Waals surface area contributed by atoms with E-state index in [9.17, 15) is 24.6 Å². The van der Waals surface area contributed by atoms with Crippen LogP contribution in [0.3, 0.4) is 0 Å². The topological polar surface area (TPSA) is 101 Å². The van der Waals surface area contributed by atoms with Crippen molar-refractivity contribution in [3.8, 4) is 11.1 Å². The van der Waals surface area contributed by atoms with Crippen LogP contribution in [0, 0.1) is 6.92 Å². The molecule has 0 aliphatic rings. The zero-order chi connectivity index (χ0) is 21.7. The van der Waals surface area contributed by atoms with Crippen molar-refractivity contribution in [3.05, 3.63) is 69.2 Å². The average Bonchev–Trinajstić information content (AvgIpc) is 2.65. The first-order valence-electron chi connectivity index (χ1n) is 8.85. The number of aromatic carboxylic acids is 2. The van der Waals surface area contributed by atoms with E-state index >= 15 is 0 Å². The van der Waals surface area contributed by atoms with Gasteiger partial charge in [0.15, 0.2) is 0 Å². The van der Waals surface area contributed by atoms with Crippen molar-refractivity contribution >= 4 is 33.8 Å². The highest BCUT2D eigenvalue weighted by molar-refractivity contribution is 9.10. The Morgan fingerprint density at radius 3 is 2.24 bits per heavy atom. The predicted octanol–water partition coefficient (Wildman–Crippen LogP) is 4.87. The van der Waals surface area contributed by atoms with Crippen molar-refractivity contribution in [1.29, 1.82) is 0 Å². The molecule has 2 rings (SSSR count). The van der Waals surface area contributed by atoms with Gasteiger partial charge in [-0.3, -0.25) is 0 Å². The molecular formula is C22H21BrO6. The molecule has 6 nitrogen and oxygen atoms in total. The molecule has 2 aromatic carbocycles. The lowest BCUT2D eigenvalue weighted by atomic mass is 9.86. The Kier molecular flexibility index (Phi) is 7.34. The van der Waals surface area contributed by atoms with Crippen molar-refractivity contribution in [2.75, 3.05) is 6.61 Å². The molecule has 2 aromatic rings. The van der Waals surface area contributed by atoms with Crippen LogP contribution in [0.2, 0.25) is 0 Å². The normalized spacial score (nSPS) is 10.4. The van der Waals surface area contributed by atoms with Gasteiger partial charge in [-0.05, 0) is 61.6 Å². The van der Waals surface area contributed by atoms with E-state index < -0.39 is 17.9 Å². The van der Waals surface area contributed by atoms with Gasteiger partial charge in [-0.2, -0.15) is 0 Å². The van der Waals surface area contributed by atoms with E-state index in [1.165, 1.54) is 6.07 Å². The number of carbonyl (C=O) groups excluding carboxylic acids is 1. The molecule has 7 heteroatoms. The molecule has 0 spiro atoms. The molecule has 0 atom stereocenters. The summed E-state index contributed by atoms with van der Waals surface area (Å²) in [4.78, 5) is 35.5.